The lowest BCUT2D eigenvalue weighted by Gasteiger charge is -2.13. The number of nitrogens with one attached hydrogen (secondary N) is 2. The first-order chi connectivity index (χ1) is 13.6. The van der Waals surface area contributed by atoms with Gasteiger partial charge in [0.15, 0.2) is 17.5 Å². The number of ether oxygens (including phenoxy) is 3. The van der Waals surface area contributed by atoms with E-state index in [1.807, 2.05) is 25.1 Å². The highest BCUT2D eigenvalue weighted by Crippen LogP contribution is 2.27. The number of rotatable bonds is 13. The third kappa shape index (κ3) is 9.48. The number of carbonyl (C=O) groups excluding carboxylic acids is 1. The zero-order valence-corrected chi connectivity index (χ0v) is 17.7. The Labute approximate surface area is 168 Å². The van der Waals surface area contributed by atoms with Gasteiger partial charge in [-0.05, 0) is 43.9 Å². The van der Waals surface area contributed by atoms with Crippen molar-refractivity contribution in [3.05, 3.63) is 23.8 Å². The van der Waals surface area contributed by atoms with Crippen molar-refractivity contribution >= 4 is 11.9 Å². The van der Waals surface area contributed by atoms with E-state index in [0.717, 1.165) is 62.7 Å². The number of carbonyl (C=O) groups is 1. The van der Waals surface area contributed by atoms with Gasteiger partial charge in [0.25, 0.3) is 0 Å². The molecule has 0 spiro atoms. The van der Waals surface area contributed by atoms with Crippen LogP contribution in [0.1, 0.15) is 44.6 Å². The second-order valence-electron chi connectivity index (χ2n) is 6.33. The van der Waals surface area contributed by atoms with E-state index in [4.69, 9.17) is 14.2 Å². The molecular weight excluding hydrogens is 358 g/mol. The Hall–Kier alpha value is -2.44. The first kappa shape index (κ1) is 23.6. The lowest BCUT2D eigenvalue weighted by Crippen LogP contribution is -2.38. The molecule has 0 saturated carbocycles. The third-order valence-electron chi connectivity index (χ3n) is 4.28. The van der Waals surface area contributed by atoms with Crippen molar-refractivity contribution < 1.29 is 19.0 Å². The largest absolute Gasteiger partial charge is 0.493 e. The predicted molar refractivity (Wildman–Crippen MR) is 112 cm³/mol. The van der Waals surface area contributed by atoms with Crippen LogP contribution in [-0.2, 0) is 16.0 Å². The predicted octanol–water partition coefficient (Wildman–Crippen LogP) is 2.92. The molecule has 0 aliphatic heterocycles. The maximum absolute atomic E-state index is 11.3. The van der Waals surface area contributed by atoms with Gasteiger partial charge in [0, 0.05) is 26.6 Å². The first-order valence-electron chi connectivity index (χ1n) is 9.95. The molecule has 0 radical (unpaired) electrons. The van der Waals surface area contributed by atoms with Crippen LogP contribution in [0.4, 0.5) is 0 Å². The van der Waals surface area contributed by atoms with Crippen LogP contribution in [0.3, 0.4) is 0 Å². The molecular formula is C21H35N3O4. The van der Waals surface area contributed by atoms with Crippen LogP contribution in [0.5, 0.6) is 11.5 Å². The van der Waals surface area contributed by atoms with Crippen LogP contribution < -0.4 is 20.1 Å². The van der Waals surface area contributed by atoms with E-state index in [2.05, 4.69) is 15.6 Å². The Balaban J connectivity index is 2.18. The SMILES string of the molecule is CCOC(=O)CCCCCCNC(=NC)NCCc1ccc(OC)c(OC)c1. The lowest BCUT2D eigenvalue weighted by molar-refractivity contribution is -0.143. The summed E-state index contributed by atoms with van der Waals surface area (Å²) in [5, 5.41) is 6.64. The van der Waals surface area contributed by atoms with Crippen molar-refractivity contribution in [2.75, 3.05) is 41.0 Å². The van der Waals surface area contributed by atoms with E-state index in [9.17, 15) is 4.79 Å². The van der Waals surface area contributed by atoms with Crippen LogP contribution in [0.2, 0.25) is 0 Å². The summed E-state index contributed by atoms with van der Waals surface area (Å²) in [6.07, 6.45) is 5.41. The Kier molecular flexibility index (Phi) is 12.3. The van der Waals surface area contributed by atoms with Crippen LogP contribution in [0.25, 0.3) is 0 Å². The van der Waals surface area contributed by atoms with E-state index in [1.54, 1.807) is 21.3 Å². The van der Waals surface area contributed by atoms with Gasteiger partial charge in [0.2, 0.25) is 0 Å². The summed E-state index contributed by atoms with van der Waals surface area (Å²) in [7, 11) is 5.04. The normalized spacial score (nSPS) is 11.1. The zero-order chi connectivity index (χ0) is 20.6. The molecule has 0 fully saturated rings. The molecule has 2 N–H and O–H groups in total. The molecule has 0 aromatic heterocycles. The lowest BCUT2D eigenvalue weighted by atomic mass is 10.1. The molecule has 28 heavy (non-hydrogen) atoms. The maximum atomic E-state index is 11.3. The van der Waals surface area contributed by atoms with Gasteiger partial charge < -0.3 is 24.8 Å². The van der Waals surface area contributed by atoms with Gasteiger partial charge in [-0.3, -0.25) is 9.79 Å². The number of aliphatic imine (C=N–C) groups is 1. The summed E-state index contributed by atoms with van der Waals surface area (Å²) in [6.45, 7) is 3.92. The molecule has 0 bridgehead atoms. The van der Waals surface area contributed by atoms with Gasteiger partial charge in [-0.1, -0.05) is 18.9 Å². The van der Waals surface area contributed by atoms with Crippen LogP contribution in [-0.4, -0.2) is 52.9 Å². The van der Waals surface area contributed by atoms with Crippen molar-refractivity contribution in [3.63, 3.8) is 0 Å². The topological polar surface area (TPSA) is 81.2 Å². The minimum atomic E-state index is -0.0975. The fraction of sp³-hybridized carbons (Fsp3) is 0.619. The minimum absolute atomic E-state index is 0.0975. The summed E-state index contributed by atoms with van der Waals surface area (Å²) in [5.74, 6) is 2.18. The summed E-state index contributed by atoms with van der Waals surface area (Å²) >= 11 is 0. The number of nitrogens with zero attached hydrogens (tertiary/aromatic N) is 1. The van der Waals surface area contributed by atoms with Crippen molar-refractivity contribution in [2.24, 2.45) is 4.99 Å². The van der Waals surface area contributed by atoms with Gasteiger partial charge in [-0.15, -0.1) is 0 Å². The third-order valence-corrected chi connectivity index (χ3v) is 4.28. The Morgan fingerprint density at radius 2 is 1.71 bits per heavy atom. The molecule has 7 heteroatoms. The fourth-order valence-electron chi connectivity index (χ4n) is 2.77. The smallest absolute Gasteiger partial charge is 0.305 e. The van der Waals surface area contributed by atoms with Crippen molar-refractivity contribution in [1.82, 2.24) is 10.6 Å². The average molecular weight is 394 g/mol. The molecule has 0 atom stereocenters. The molecule has 1 aromatic carbocycles. The summed E-state index contributed by atoms with van der Waals surface area (Å²) in [4.78, 5) is 15.5. The summed E-state index contributed by atoms with van der Waals surface area (Å²) < 4.78 is 15.5. The van der Waals surface area contributed by atoms with Gasteiger partial charge in [0.1, 0.15) is 0 Å². The highest BCUT2D eigenvalue weighted by Gasteiger charge is 2.05. The molecule has 7 nitrogen and oxygen atoms in total. The number of guanidine groups is 1. The number of hydrogen-bond donors (Lipinski definition) is 2. The molecule has 0 unspecified atom stereocenters. The van der Waals surface area contributed by atoms with Crippen molar-refractivity contribution in [2.45, 2.75) is 45.4 Å². The second kappa shape index (κ2) is 14.6. The first-order valence-corrected chi connectivity index (χ1v) is 9.95. The molecule has 0 saturated heterocycles. The molecule has 0 aliphatic carbocycles. The Morgan fingerprint density at radius 1 is 1.00 bits per heavy atom. The van der Waals surface area contributed by atoms with E-state index < -0.39 is 0 Å². The van der Waals surface area contributed by atoms with Crippen LogP contribution >= 0.6 is 0 Å². The molecule has 158 valence electrons. The van der Waals surface area contributed by atoms with E-state index >= 15 is 0 Å². The van der Waals surface area contributed by atoms with Crippen LogP contribution in [0.15, 0.2) is 23.2 Å². The van der Waals surface area contributed by atoms with Gasteiger partial charge in [-0.2, -0.15) is 0 Å². The number of unbranched alkanes of at least 4 members (excludes halogenated alkanes) is 3. The summed E-state index contributed by atoms with van der Waals surface area (Å²) in [6, 6.07) is 5.95. The highest BCUT2D eigenvalue weighted by molar-refractivity contribution is 5.79. The molecule has 0 heterocycles. The second-order valence-corrected chi connectivity index (χ2v) is 6.33. The average Bonchev–Trinajstić information content (AvgIpc) is 2.71. The zero-order valence-electron chi connectivity index (χ0n) is 17.7. The highest BCUT2D eigenvalue weighted by atomic mass is 16.5. The van der Waals surface area contributed by atoms with E-state index in [1.165, 1.54) is 5.56 Å². The van der Waals surface area contributed by atoms with Crippen LogP contribution in [0, 0.1) is 0 Å². The van der Waals surface area contributed by atoms with E-state index in [0.29, 0.717) is 13.0 Å². The Bertz CT molecular complexity index is 605. The van der Waals surface area contributed by atoms with Crippen molar-refractivity contribution in [1.29, 1.82) is 0 Å². The Morgan fingerprint density at radius 3 is 2.39 bits per heavy atom. The quantitative estimate of drug-likeness (QED) is 0.232. The minimum Gasteiger partial charge on any atom is -0.493 e. The number of esters is 1. The monoisotopic (exact) mass is 393 g/mol. The molecule has 1 aromatic rings. The van der Waals surface area contributed by atoms with Gasteiger partial charge >= 0.3 is 5.97 Å². The van der Waals surface area contributed by atoms with Gasteiger partial charge in [-0.25, -0.2) is 0 Å². The number of benzene rings is 1. The fourth-order valence-corrected chi connectivity index (χ4v) is 2.77. The molecule has 0 amide bonds. The maximum Gasteiger partial charge on any atom is 0.305 e. The standard InChI is InChI=1S/C21H35N3O4/c1-5-28-20(25)10-8-6-7-9-14-23-21(22-2)24-15-13-17-11-12-18(26-3)19(16-17)27-4/h11-12,16H,5-10,13-15H2,1-4H3,(H2,22,23,24). The van der Waals surface area contributed by atoms with E-state index in [-0.39, 0.29) is 5.97 Å². The summed E-state index contributed by atoms with van der Waals surface area (Å²) in [5.41, 5.74) is 1.17. The molecule has 1 rings (SSSR count). The van der Waals surface area contributed by atoms with Crippen molar-refractivity contribution in [3.8, 4) is 11.5 Å². The molecule has 0 aliphatic rings. The van der Waals surface area contributed by atoms with Gasteiger partial charge in [0.05, 0.1) is 20.8 Å². The number of methoxy groups -OCH3 is 2. The number of hydrogen-bond acceptors (Lipinski definition) is 5.